The molecule has 5 heteroatoms. The van der Waals surface area contributed by atoms with Crippen LogP contribution in [-0.4, -0.2) is 29.5 Å². The molecule has 0 radical (unpaired) electrons. The molecule has 2 atom stereocenters. The number of hydrogen-bond acceptors (Lipinski definition) is 2. The lowest BCUT2D eigenvalue weighted by molar-refractivity contribution is -0.135. The van der Waals surface area contributed by atoms with Gasteiger partial charge in [0.15, 0.2) is 0 Å². The van der Waals surface area contributed by atoms with Crippen molar-refractivity contribution in [3.05, 3.63) is 36.5 Å². The van der Waals surface area contributed by atoms with Gasteiger partial charge in [0.25, 0.3) is 0 Å². The molecule has 24 heavy (non-hydrogen) atoms. The van der Waals surface area contributed by atoms with Crippen LogP contribution >= 0.6 is 0 Å². The van der Waals surface area contributed by atoms with Crippen LogP contribution in [0.1, 0.15) is 20.8 Å². The minimum absolute atomic E-state index is 0.0254. The van der Waals surface area contributed by atoms with E-state index < -0.39 is 5.92 Å². The van der Waals surface area contributed by atoms with Gasteiger partial charge in [-0.2, -0.15) is 0 Å². The zero-order chi connectivity index (χ0) is 17.3. The first-order valence-electron chi connectivity index (χ1n) is 8.47. The summed E-state index contributed by atoms with van der Waals surface area (Å²) in [5, 5.41) is 6.96. The molecule has 1 aromatic heterocycles. The lowest BCUT2D eigenvalue weighted by atomic mass is 9.74. The van der Waals surface area contributed by atoms with Gasteiger partial charge in [0.2, 0.25) is 11.8 Å². The van der Waals surface area contributed by atoms with Gasteiger partial charge in [-0.3, -0.25) is 9.59 Å². The average Bonchev–Trinajstić information content (AvgIpc) is 3.11. The zero-order valence-corrected chi connectivity index (χ0v) is 14.5. The van der Waals surface area contributed by atoms with Crippen molar-refractivity contribution in [2.45, 2.75) is 27.3 Å². The van der Waals surface area contributed by atoms with Crippen molar-refractivity contribution in [2.75, 3.05) is 13.1 Å². The van der Waals surface area contributed by atoms with Gasteiger partial charge < -0.3 is 15.2 Å². The normalized spacial score (nSPS) is 21.0. The molecule has 0 saturated carbocycles. The van der Waals surface area contributed by atoms with Gasteiger partial charge in [0.1, 0.15) is 5.92 Å². The van der Waals surface area contributed by atoms with Crippen LogP contribution in [-0.2, 0) is 16.1 Å². The van der Waals surface area contributed by atoms with Crippen LogP contribution in [0.25, 0.3) is 10.9 Å². The summed E-state index contributed by atoms with van der Waals surface area (Å²) in [5.74, 6) is -0.885. The standard InChI is InChI=1S/C19H25N3O2/c1-19(2,3)14-12-21-18(24)16(14)17(23)20-9-11-22-10-8-13-6-4-5-7-15(13)22/h4-8,10,14,16H,9,11-12H2,1-3H3,(H,20,23)(H,21,24)/t14-,16+/m0/s1. The third kappa shape index (κ3) is 3.16. The molecule has 0 aliphatic carbocycles. The SMILES string of the molecule is CC(C)(C)[C@H]1CNC(=O)[C@H]1C(=O)NCCn1ccc2ccccc21. The van der Waals surface area contributed by atoms with Crippen LogP contribution in [0.2, 0.25) is 0 Å². The van der Waals surface area contributed by atoms with E-state index in [4.69, 9.17) is 0 Å². The number of benzene rings is 1. The molecule has 0 bridgehead atoms. The van der Waals surface area contributed by atoms with E-state index in [1.165, 1.54) is 5.39 Å². The molecule has 2 N–H and O–H groups in total. The summed E-state index contributed by atoms with van der Waals surface area (Å²) < 4.78 is 2.12. The molecule has 5 nitrogen and oxygen atoms in total. The minimum atomic E-state index is -0.591. The number of aromatic nitrogens is 1. The fourth-order valence-corrected chi connectivity index (χ4v) is 3.47. The van der Waals surface area contributed by atoms with Crippen molar-refractivity contribution in [1.29, 1.82) is 0 Å². The number of rotatable bonds is 4. The average molecular weight is 327 g/mol. The van der Waals surface area contributed by atoms with E-state index in [1.54, 1.807) is 0 Å². The maximum absolute atomic E-state index is 12.5. The van der Waals surface area contributed by atoms with E-state index in [0.29, 0.717) is 19.6 Å². The van der Waals surface area contributed by atoms with Gasteiger partial charge in [-0.15, -0.1) is 0 Å². The number of carbonyl (C=O) groups is 2. The Hall–Kier alpha value is -2.30. The van der Waals surface area contributed by atoms with Crippen molar-refractivity contribution in [3.63, 3.8) is 0 Å². The van der Waals surface area contributed by atoms with Crippen LogP contribution in [0.4, 0.5) is 0 Å². The summed E-state index contributed by atoms with van der Waals surface area (Å²) in [6.45, 7) is 7.99. The first-order valence-corrected chi connectivity index (χ1v) is 8.47. The molecule has 1 saturated heterocycles. The predicted molar refractivity (Wildman–Crippen MR) is 94.4 cm³/mol. The number of hydrogen-bond donors (Lipinski definition) is 2. The van der Waals surface area contributed by atoms with Crippen LogP contribution in [0, 0.1) is 17.3 Å². The largest absolute Gasteiger partial charge is 0.355 e. The second-order valence-electron chi connectivity index (χ2n) is 7.55. The van der Waals surface area contributed by atoms with Crippen LogP contribution in [0.15, 0.2) is 36.5 Å². The van der Waals surface area contributed by atoms with Gasteiger partial charge in [0, 0.05) is 37.3 Å². The van der Waals surface area contributed by atoms with E-state index in [2.05, 4.69) is 54.2 Å². The summed E-state index contributed by atoms with van der Waals surface area (Å²) in [6, 6.07) is 10.2. The number of para-hydroxylation sites is 1. The molecular weight excluding hydrogens is 302 g/mol. The van der Waals surface area contributed by atoms with E-state index >= 15 is 0 Å². The van der Waals surface area contributed by atoms with E-state index in [-0.39, 0.29) is 23.1 Å². The molecule has 3 rings (SSSR count). The Labute approximate surface area is 142 Å². The molecule has 0 spiro atoms. The summed E-state index contributed by atoms with van der Waals surface area (Å²) in [6.07, 6.45) is 2.02. The Bertz CT molecular complexity index is 757. The van der Waals surface area contributed by atoms with Crippen molar-refractivity contribution in [2.24, 2.45) is 17.3 Å². The number of carbonyl (C=O) groups excluding carboxylic acids is 2. The van der Waals surface area contributed by atoms with Crippen LogP contribution in [0.5, 0.6) is 0 Å². The van der Waals surface area contributed by atoms with Crippen LogP contribution < -0.4 is 10.6 Å². The number of nitrogens with zero attached hydrogens (tertiary/aromatic N) is 1. The molecular formula is C19H25N3O2. The Morgan fingerprint density at radius 1 is 1.29 bits per heavy atom. The molecule has 2 aromatic rings. The molecule has 2 heterocycles. The molecule has 1 aliphatic rings. The third-order valence-corrected chi connectivity index (χ3v) is 4.91. The minimum Gasteiger partial charge on any atom is -0.355 e. The smallest absolute Gasteiger partial charge is 0.233 e. The summed E-state index contributed by atoms with van der Waals surface area (Å²) in [4.78, 5) is 24.6. The first kappa shape index (κ1) is 16.6. The fourth-order valence-electron chi connectivity index (χ4n) is 3.47. The molecule has 1 aliphatic heterocycles. The van der Waals surface area contributed by atoms with Crippen molar-refractivity contribution in [1.82, 2.24) is 15.2 Å². The highest BCUT2D eigenvalue weighted by Gasteiger charge is 2.45. The van der Waals surface area contributed by atoms with Gasteiger partial charge in [-0.05, 0) is 22.9 Å². The zero-order valence-electron chi connectivity index (χ0n) is 14.5. The molecule has 1 aromatic carbocycles. The Balaban J connectivity index is 1.62. The summed E-state index contributed by atoms with van der Waals surface area (Å²) in [5.41, 5.74) is 1.07. The van der Waals surface area contributed by atoms with Crippen molar-refractivity contribution < 1.29 is 9.59 Å². The summed E-state index contributed by atoms with van der Waals surface area (Å²) >= 11 is 0. The fraction of sp³-hybridized carbons (Fsp3) is 0.474. The highest BCUT2D eigenvalue weighted by molar-refractivity contribution is 6.02. The molecule has 128 valence electrons. The van der Waals surface area contributed by atoms with E-state index in [0.717, 1.165) is 5.52 Å². The second-order valence-corrected chi connectivity index (χ2v) is 7.55. The number of fused-ring (bicyclic) bond motifs is 1. The lowest BCUT2D eigenvalue weighted by Gasteiger charge is -2.29. The number of amides is 2. The second kappa shape index (κ2) is 6.30. The maximum atomic E-state index is 12.5. The van der Waals surface area contributed by atoms with Gasteiger partial charge in [-0.1, -0.05) is 39.0 Å². The Kier molecular flexibility index (Phi) is 4.35. The lowest BCUT2D eigenvalue weighted by Crippen LogP contribution is -2.41. The van der Waals surface area contributed by atoms with Gasteiger partial charge in [-0.25, -0.2) is 0 Å². The topological polar surface area (TPSA) is 63.1 Å². The van der Waals surface area contributed by atoms with Crippen molar-refractivity contribution >= 4 is 22.7 Å². The van der Waals surface area contributed by atoms with E-state index in [1.807, 2.05) is 18.3 Å². The Morgan fingerprint density at radius 2 is 2.04 bits per heavy atom. The summed E-state index contributed by atoms with van der Waals surface area (Å²) in [7, 11) is 0. The monoisotopic (exact) mass is 327 g/mol. The molecule has 2 amide bonds. The van der Waals surface area contributed by atoms with Crippen LogP contribution in [0.3, 0.4) is 0 Å². The molecule has 1 fully saturated rings. The molecule has 0 unspecified atom stereocenters. The highest BCUT2D eigenvalue weighted by atomic mass is 16.2. The van der Waals surface area contributed by atoms with Gasteiger partial charge in [0.05, 0.1) is 0 Å². The maximum Gasteiger partial charge on any atom is 0.233 e. The Morgan fingerprint density at radius 3 is 2.79 bits per heavy atom. The highest BCUT2D eigenvalue weighted by Crippen LogP contribution is 2.35. The van der Waals surface area contributed by atoms with Gasteiger partial charge >= 0.3 is 0 Å². The van der Waals surface area contributed by atoms with Crippen molar-refractivity contribution in [3.8, 4) is 0 Å². The number of nitrogens with one attached hydrogen (secondary N) is 2. The van der Waals surface area contributed by atoms with E-state index in [9.17, 15) is 9.59 Å². The quantitative estimate of drug-likeness (QED) is 0.845. The predicted octanol–water partition coefficient (Wildman–Crippen LogP) is 2.17. The first-order chi connectivity index (χ1) is 11.4. The third-order valence-electron chi connectivity index (χ3n) is 4.91.